The minimum atomic E-state index is -3.57. The van der Waals surface area contributed by atoms with Crippen molar-refractivity contribution in [1.29, 1.82) is 0 Å². The highest BCUT2D eigenvalue weighted by molar-refractivity contribution is 7.89. The number of fused-ring (bicyclic) bond motifs is 1. The van der Waals surface area contributed by atoms with Gasteiger partial charge in [0.15, 0.2) is 0 Å². The molecule has 0 spiro atoms. The van der Waals surface area contributed by atoms with Crippen LogP contribution in [0.3, 0.4) is 0 Å². The largest absolute Gasteiger partial charge is 0.379 e. The molecule has 3 aromatic rings. The number of morpholine rings is 1. The zero-order chi connectivity index (χ0) is 21.1. The summed E-state index contributed by atoms with van der Waals surface area (Å²) in [6.45, 7) is 1.57. The van der Waals surface area contributed by atoms with Crippen LogP contribution in [0.25, 0.3) is 5.65 Å². The number of pyridine rings is 1. The number of carbonyl (C=O) groups excluding carboxylic acids is 1. The number of hydrogen-bond acceptors (Lipinski definition) is 6. The Morgan fingerprint density at radius 1 is 1.10 bits per heavy atom. The van der Waals surface area contributed by atoms with E-state index in [0.717, 1.165) is 0 Å². The molecular weight excluding hydrogens is 408 g/mol. The third-order valence-electron chi connectivity index (χ3n) is 4.84. The first-order chi connectivity index (χ1) is 14.5. The van der Waals surface area contributed by atoms with Gasteiger partial charge in [-0.15, -0.1) is 0 Å². The van der Waals surface area contributed by atoms with Gasteiger partial charge in [-0.1, -0.05) is 18.2 Å². The Morgan fingerprint density at radius 2 is 1.83 bits per heavy atom. The summed E-state index contributed by atoms with van der Waals surface area (Å²) in [7, 11) is -3.57. The summed E-state index contributed by atoms with van der Waals surface area (Å²) in [5.41, 5.74) is 0.643. The second kappa shape index (κ2) is 8.34. The highest BCUT2D eigenvalue weighted by atomic mass is 32.2. The van der Waals surface area contributed by atoms with Gasteiger partial charge in [0.1, 0.15) is 11.2 Å². The van der Waals surface area contributed by atoms with Crippen LogP contribution in [0.2, 0.25) is 0 Å². The van der Waals surface area contributed by atoms with E-state index < -0.39 is 21.5 Å². The number of rotatable bonds is 5. The van der Waals surface area contributed by atoms with E-state index in [1.165, 1.54) is 27.0 Å². The van der Waals surface area contributed by atoms with Crippen molar-refractivity contribution in [2.75, 3.05) is 26.3 Å². The van der Waals surface area contributed by atoms with Gasteiger partial charge in [0, 0.05) is 32.0 Å². The van der Waals surface area contributed by atoms with E-state index in [4.69, 9.17) is 4.74 Å². The summed E-state index contributed by atoms with van der Waals surface area (Å²) in [5.74, 6) is -0.546. The maximum absolute atomic E-state index is 12.7. The zero-order valence-electron chi connectivity index (χ0n) is 16.0. The van der Waals surface area contributed by atoms with Crippen LogP contribution in [0.4, 0.5) is 0 Å². The maximum Gasteiger partial charge on any atom is 0.270 e. The lowest BCUT2D eigenvalue weighted by Crippen LogP contribution is -2.40. The summed E-state index contributed by atoms with van der Waals surface area (Å²) in [6.07, 6.45) is 2.81. The first-order valence-corrected chi connectivity index (χ1v) is 10.8. The van der Waals surface area contributed by atoms with Gasteiger partial charge >= 0.3 is 0 Å². The van der Waals surface area contributed by atoms with Crippen LogP contribution >= 0.6 is 0 Å². The van der Waals surface area contributed by atoms with Crippen molar-refractivity contribution in [3.05, 3.63) is 76.3 Å². The second-order valence-corrected chi connectivity index (χ2v) is 8.69. The summed E-state index contributed by atoms with van der Waals surface area (Å²) in [6, 6.07) is 11.4. The Morgan fingerprint density at radius 3 is 2.57 bits per heavy atom. The fraction of sp³-hybridized carbons (Fsp3) is 0.250. The number of nitrogens with one attached hydrogen (secondary N) is 1. The predicted molar refractivity (Wildman–Crippen MR) is 109 cm³/mol. The molecule has 0 atom stereocenters. The lowest BCUT2D eigenvalue weighted by Gasteiger charge is -2.26. The third-order valence-corrected chi connectivity index (χ3v) is 6.76. The number of nitrogens with zero attached hydrogens (tertiary/aromatic N) is 3. The van der Waals surface area contributed by atoms with Crippen LogP contribution in [0, 0.1) is 0 Å². The molecule has 0 saturated carbocycles. The summed E-state index contributed by atoms with van der Waals surface area (Å²) < 4.78 is 33.2. The number of sulfonamides is 1. The average Bonchev–Trinajstić information content (AvgIpc) is 2.79. The normalized spacial score (nSPS) is 15.2. The monoisotopic (exact) mass is 428 g/mol. The van der Waals surface area contributed by atoms with Crippen molar-refractivity contribution in [2.24, 2.45) is 0 Å². The van der Waals surface area contributed by atoms with Crippen LogP contribution in [-0.4, -0.2) is 54.3 Å². The molecule has 9 nitrogen and oxygen atoms in total. The van der Waals surface area contributed by atoms with Crippen LogP contribution < -0.4 is 10.9 Å². The van der Waals surface area contributed by atoms with E-state index >= 15 is 0 Å². The number of ether oxygens (including phenoxy) is 1. The maximum atomic E-state index is 12.7. The molecule has 1 saturated heterocycles. The van der Waals surface area contributed by atoms with E-state index in [9.17, 15) is 18.0 Å². The van der Waals surface area contributed by atoms with Crippen molar-refractivity contribution in [2.45, 2.75) is 11.4 Å². The van der Waals surface area contributed by atoms with E-state index in [2.05, 4.69) is 10.3 Å². The molecule has 0 aliphatic carbocycles. The van der Waals surface area contributed by atoms with Gasteiger partial charge in [0.25, 0.3) is 11.5 Å². The highest BCUT2D eigenvalue weighted by Crippen LogP contribution is 2.17. The number of hydrogen-bond donors (Lipinski definition) is 1. The number of amides is 1. The van der Waals surface area contributed by atoms with Gasteiger partial charge in [0.2, 0.25) is 10.0 Å². The van der Waals surface area contributed by atoms with Gasteiger partial charge in [0.05, 0.1) is 18.1 Å². The summed E-state index contributed by atoms with van der Waals surface area (Å²) >= 11 is 0. The third kappa shape index (κ3) is 3.97. The summed E-state index contributed by atoms with van der Waals surface area (Å²) in [5, 5.41) is 2.67. The molecule has 156 valence electrons. The Labute approximate surface area is 173 Å². The van der Waals surface area contributed by atoms with Gasteiger partial charge in [-0.25, -0.2) is 13.4 Å². The smallest absolute Gasteiger partial charge is 0.270 e. The number of aromatic nitrogens is 2. The molecule has 1 fully saturated rings. The molecule has 2 aromatic heterocycles. The standard InChI is InChI=1S/C20H20N4O5S/c25-19(17-14-21-18-3-1-2-8-24(18)20(17)26)22-13-15-4-6-16(7-5-15)30(27,28)23-9-11-29-12-10-23/h1-8,14H,9-13H2,(H,22,25). The average molecular weight is 428 g/mol. The van der Waals surface area contributed by atoms with E-state index in [0.29, 0.717) is 37.5 Å². The van der Waals surface area contributed by atoms with Crippen molar-refractivity contribution in [3.63, 3.8) is 0 Å². The molecule has 4 rings (SSSR count). The lowest BCUT2D eigenvalue weighted by molar-refractivity contribution is 0.0730. The Balaban J connectivity index is 1.45. The van der Waals surface area contributed by atoms with E-state index in [1.807, 2.05) is 0 Å². The molecule has 1 amide bonds. The van der Waals surface area contributed by atoms with Crippen molar-refractivity contribution >= 4 is 21.6 Å². The fourth-order valence-corrected chi connectivity index (χ4v) is 4.58. The topological polar surface area (TPSA) is 110 Å². The second-order valence-electron chi connectivity index (χ2n) is 6.75. The van der Waals surface area contributed by atoms with Crippen molar-refractivity contribution in [1.82, 2.24) is 19.0 Å². The predicted octanol–water partition coefficient (Wildman–Crippen LogP) is 0.645. The molecule has 0 radical (unpaired) electrons. The van der Waals surface area contributed by atoms with Crippen LogP contribution in [0.5, 0.6) is 0 Å². The van der Waals surface area contributed by atoms with E-state index in [-0.39, 0.29) is 17.0 Å². The Bertz CT molecular complexity index is 1230. The van der Waals surface area contributed by atoms with Crippen LogP contribution in [0.1, 0.15) is 15.9 Å². The molecule has 0 unspecified atom stereocenters. The Kier molecular flexibility index (Phi) is 5.62. The van der Waals surface area contributed by atoms with Crippen LogP contribution in [0.15, 0.2) is 64.5 Å². The molecule has 1 aromatic carbocycles. The van der Waals surface area contributed by atoms with Crippen molar-refractivity contribution in [3.8, 4) is 0 Å². The minimum absolute atomic E-state index is 0.0646. The molecular formula is C20H20N4O5S. The van der Waals surface area contributed by atoms with Gasteiger partial charge in [-0.3, -0.25) is 14.0 Å². The number of benzene rings is 1. The van der Waals surface area contributed by atoms with Gasteiger partial charge < -0.3 is 10.1 Å². The first-order valence-electron chi connectivity index (χ1n) is 9.38. The Hall–Kier alpha value is -3.08. The van der Waals surface area contributed by atoms with Crippen molar-refractivity contribution < 1.29 is 17.9 Å². The quantitative estimate of drug-likeness (QED) is 0.639. The molecule has 10 heteroatoms. The van der Waals surface area contributed by atoms with Gasteiger partial charge in [-0.2, -0.15) is 4.31 Å². The summed E-state index contributed by atoms with van der Waals surface area (Å²) in [4.78, 5) is 29.2. The van der Waals surface area contributed by atoms with Crippen LogP contribution in [-0.2, 0) is 21.3 Å². The SMILES string of the molecule is O=C(NCc1ccc(S(=O)(=O)N2CCOCC2)cc1)c1cnc2ccccn2c1=O. The van der Waals surface area contributed by atoms with E-state index in [1.54, 1.807) is 36.5 Å². The molecule has 30 heavy (non-hydrogen) atoms. The molecule has 1 aliphatic rings. The first kappa shape index (κ1) is 20.2. The molecule has 3 heterocycles. The lowest BCUT2D eigenvalue weighted by atomic mass is 10.2. The number of carbonyl (C=O) groups is 1. The highest BCUT2D eigenvalue weighted by Gasteiger charge is 2.26. The molecule has 1 N–H and O–H groups in total. The van der Waals surface area contributed by atoms with Gasteiger partial charge in [-0.05, 0) is 29.8 Å². The minimum Gasteiger partial charge on any atom is -0.379 e. The zero-order valence-corrected chi connectivity index (χ0v) is 16.8. The fourth-order valence-electron chi connectivity index (χ4n) is 3.18. The molecule has 0 bridgehead atoms. The molecule has 1 aliphatic heterocycles.